The lowest BCUT2D eigenvalue weighted by Crippen LogP contribution is -2.13. The monoisotopic (exact) mass is 282 g/mol. The number of nitrogens with zero attached hydrogens (tertiary/aromatic N) is 1. The normalized spacial score (nSPS) is 16.3. The molecule has 0 atom stereocenters. The summed E-state index contributed by atoms with van der Waals surface area (Å²) in [6.07, 6.45) is 9.19. The number of pyridine rings is 1. The second-order valence-electron chi connectivity index (χ2n) is 5.05. The SMILES string of the molecule is O=C(O)c1ccnc(NCCC2CCCCC2)c1Cl. The van der Waals surface area contributed by atoms with Crippen molar-refractivity contribution >= 4 is 23.4 Å². The van der Waals surface area contributed by atoms with Crippen LogP contribution in [0.1, 0.15) is 48.9 Å². The first-order valence-electron chi connectivity index (χ1n) is 6.80. The number of hydrogen-bond acceptors (Lipinski definition) is 3. The van der Waals surface area contributed by atoms with Crippen LogP contribution in [0, 0.1) is 5.92 Å². The molecule has 1 fully saturated rings. The minimum atomic E-state index is -1.03. The molecule has 19 heavy (non-hydrogen) atoms. The lowest BCUT2D eigenvalue weighted by molar-refractivity contribution is 0.0697. The van der Waals surface area contributed by atoms with E-state index in [9.17, 15) is 4.79 Å². The van der Waals surface area contributed by atoms with Crippen molar-refractivity contribution in [2.75, 3.05) is 11.9 Å². The molecule has 2 N–H and O–H groups in total. The lowest BCUT2D eigenvalue weighted by atomic mass is 9.87. The highest BCUT2D eigenvalue weighted by atomic mass is 35.5. The molecule has 2 rings (SSSR count). The van der Waals surface area contributed by atoms with Crippen LogP contribution in [0.4, 0.5) is 5.82 Å². The van der Waals surface area contributed by atoms with E-state index in [4.69, 9.17) is 16.7 Å². The van der Waals surface area contributed by atoms with E-state index in [2.05, 4.69) is 10.3 Å². The molecule has 1 heterocycles. The molecule has 5 heteroatoms. The number of aromatic nitrogens is 1. The highest BCUT2D eigenvalue weighted by molar-refractivity contribution is 6.35. The van der Waals surface area contributed by atoms with Gasteiger partial charge >= 0.3 is 5.97 Å². The maximum absolute atomic E-state index is 11.0. The summed E-state index contributed by atoms with van der Waals surface area (Å²) >= 11 is 6.02. The summed E-state index contributed by atoms with van der Waals surface area (Å²) in [5.74, 6) is 0.225. The lowest BCUT2D eigenvalue weighted by Gasteiger charge is -2.21. The van der Waals surface area contributed by atoms with E-state index in [1.807, 2.05) is 0 Å². The van der Waals surface area contributed by atoms with Gasteiger partial charge in [0.05, 0.1) is 10.6 Å². The Hall–Kier alpha value is -1.29. The van der Waals surface area contributed by atoms with Crippen LogP contribution < -0.4 is 5.32 Å². The predicted molar refractivity (Wildman–Crippen MR) is 75.9 cm³/mol. The molecule has 0 unspecified atom stereocenters. The third-order valence-corrected chi connectivity index (χ3v) is 4.07. The molecule has 0 saturated heterocycles. The van der Waals surface area contributed by atoms with Gasteiger partial charge in [0.1, 0.15) is 5.82 Å². The molecule has 4 nitrogen and oxygen atoms in total. The van der Waals surface area contributed by atoms with Gasteiger partial charge in [-0.3, -0.25) is 0 Å². The molecule has 104 valence electrons. The quantitative estimate of drug-likeness (QED) is 0.862. The summed E-state index contributed by atoms with van der Waals surface area (Å²) < 4.78 is 0. The van der Waals surface area contributed by atoms with Crippen LogP contribution in [0.2, 0.25) is 5.02 Å². The Balaban J connectivity index is 1.88. The van der Waals surface area contributed by atoms with Crippen molar-refractivity contribution in [3.8, 4) is 0 Å². The van der Waals surface area contributed by atoms with Crippen molar-refractivity contribution in [3.63, 3.8) is 0 Å². The fraction of sp³-hybridized carbons (Fsp3) is 0.571. The van der Waals surface area contributed by atoms with E-state index in [1.54, 1.807) is 0 Å². The molecule has 1 aliphatic rings. The molecule has 1 aliphatic carbocycles. The Bertz CT molecular complexity index is 445. The number of rotatable bonds is 5. The summed E-state index contributed by atoms with van der Waals surface area (Å²) in [7, 11) is 0. The van der Waals surface area contributed by atoms with Crippen LogP contribution in [0.15, 0.2) is 12.3 Å². The molecule has 0 radical (unpaired) electrons. The van der Waals surface area contributed by atoms with Gasteiger partial charge in [-0.1, -0.05) is 43.7 Å². The number of anilines is 1. The number of carbonyl (C=O) groups is 1. The van der Waals surface area contributed by atoms with E-state index < -0.39 is 5.97 Å². The summed E-state index contributed by atoms with van der Waals surface area (Å²) in [5, 5.41) is 12.3. The molecule has 0 bridgehead atoms. The van der Waals surface area contributed by atoms with E-state index in [0.717, 1.165) is 18.9 Å². The maximum atomic E-state index is 11.0. The zero-order valence-electron chi connectivity index (χ0n) is 10.9. The highest BCUT2D eigenvalue weighted by Crippen LogP contribution is 2.27. The third-order valence-electron chi connectivity index (χ3n) is 3.69. The number of nitrogens with one attached hydrogen (secondary N) is 1. The number of carboxylic acid groups (broad SMARTS) is 1. The molecule has 1 aromatic heterocycles. The van der Waals surface area contributed by atoms with Crippen molar-refractivity contribution in [3.05, 3.63) is 22.8 Å². The summed E-state index contributed by atoms with van der Waals surface area (Å²) in [6.45, 7) is 0.792. The zero-order chi connectivity index (χ0) is 13.7. The van der Waals surface area contributed by atoms with Crippen molar-refractivity contribution in [1.82, 2.24) is 4.98 Å². The number of carboxylic acids is 1. The van der Waals surface area contributed by atoms with Gasteiger partial charge in [-0.15, -0.1) is 0 Å². The van der Waals surface area contributed by atoms with Crippen LogP contribution in [0.3, 0.4) is 0 Å². The third kappa shape index (κ3) is 3.83. The number of aromatic carboxylic acids is 1. The number of hydrogen-bond donors (Lipinski definition) is 2. The van der Waals surface area contributed by atoms with Crippen molar-refractivity contribution < 1.29 is 9.90 Å². The van der Waals surface area contributed by atoms with Crippen LogP contribution in [-0.4, -0.2) is 22.6 Å². The van der Waals surface area contributed by atoms with Gasteiger partial charge in [0.2, 0.25) is 0 Å². The molecule has 0 amide bonds. The van der Waals surface area contributed by atoms with Gasteiger partial charge in [0.15, 0.2) is 0 Å². The Morgan fingerprint density at radius 2 is 2.16 bits per heavy atom. The molecule has 1 aromatic rings. The average Bonchev–Trinajstić information content (AvgIpc) is 2.41. The van der Waals surface area contributed by atoms with Crippen LogP contribution >= 0.6 is 11.6 Å². The van der Waals surface area contributed by atoms with Gasteiger partial charge in [-0.2, -0.15) is 0 Å². The van der Waals surface area contributed by atoms with Crippen LogP contribution in [-0.2, 0) is 0 Å². The second-order valence-corrected chi connectivity index (χ2v) is 5.42. The molecule has 1 saturated carbocycles. The van der Waals surface area contributed by atoms with Crippen molar-refractivity contribution in [2.45, 2.75) is 38.5 Å². The first kappa shape index (κ1) is 14.1. The Morgan fingerprint density at radius 3 is 2.84 bits per heavy atom. The average molecular weight is 283 g/mol. The van der Waals surface area contributed by atoms with Gasteiger partial charge < -0.3 is 10.4 Å². The van der Waals surface area contributed by atoms with Crippen LogP contribution in [0.5, 0.6) is 0 Å². The molecular formula is C14H19ClN2O2. The number of halogens is 1. The van der Waals surface area contributed by atoms with Crippen molar-refractivity contribution in [2.24, 2.45) is 5.92 Å². The van der Waals surface area contributed by atoms with Gasteiger partial charge in [-0.25, -0.2) is 9.78 Å². The van der Waals surface area contributed by atoms with E-state index in [-0.39, 0.29) is 10.6 Å². The zero-order valence-corrected chi connectivity index (χ0v) is 11.6. The van der Waals surface area contributed by atoms with Gasteiger partial charge in [0, 0.05) is 12.7 Å². The minimum absolute atomic E-state index is 0.0943. The second kappa shape index (κ2) is 6.75. The fourth-order valence-electron chi connectivity index (χ4n) is 2.60. The summed E-state index contributed by atoms with van der Waals surface area (Å²) in [6, 6.07) is 1.41. The van der Waals surface area contributed by atoms with E-state index >= 15 is 0 Å². The van der Waals surface area contributed by atoms with Crippen LogP contribution in [0.25, 0.3) is 0 Å². The molecular weight excluding hydrogens is 264 g/mol. The summed E-state index contributed by atoms with van der Waals surface area (Å²) in [4.78, 5) is 15.1. The largest absolute Gasteiger partial charge is 0.478 e. The van der Waals surface area contributed by atoms with Gasteiger partial charge in [-0.05, 0) is 18.4 Å². The Kier molecular flexibility index (Phi) is 5.02. The standard InChI is InChI=1S/C14H19ClN2O2/c15-12-11(14(18)19)7-9-17-13(12)16-8-6-10-4-2-1-3-5-10/h7,9-10H,1-6,8H2,(H,16,17)(H,18,19). The molecule has 0 spiro atoms. The topological polar surface area (TPSA) is 62.2 Å². The first-order chi connectivity index (χ1) is 9.18. The minimum Gasteiger partial charge on any atom is -0.478 e. The fourth-order valence-corrected chi connectivity index (χ4v) is 2.86. The maximum Gasteiger partial charge on any atom is 0.337 e. The Morgan fingerprint density at radius 1 is 1.42 bits per heavy atom. The predicted octanol–water partition coefficient (Wildman–Crippen LogP) is 3.82. The molecule has 0 aromatic carbocycles. The summed E-state index contributed by atoms with van der Waals surface area (Å²) in [5.41, 5.74) is 0.0943. The van der Waals surface area contributed by atoms with E-state index in [0.29, 0.717) is 5.82 Å². The van der Waals surface area contributed by atoms with Crippen molar-refractivity contribution in [1.29, 1.82) is 0 Å². The smallest absolute Gasteiger partial charge is 0.337 e. The Labute approximate surface area is 118 Å². The molecule has 0 aliphatic heterocycles. The van der Waals surface area contributed by atoms with Gasteiger partial charge in [0.25, 0.3) is 0 Å². The van der Waals surface area contributed by atoms with E-state index in [1.165, 1.54) is 44.4 Å². The first-order valence-corrected chi connectivity index (χ1v) is 7.18. The highest BCUT2D eigenvalue weighted by Gasteiger charge is 2.15.